The van der Waals surface area contributed by atoms with E-state index in [9.17, 15) is 0 Å². The second-order valence-electron chi connectivity index (χ2n) is 2.49. The molecule has 0 aliphatic rings. The summed E-state index contributed by atoms with van der Waals surface area (Å²) in [4.78, 5) is 0. The molecular formula is C9H18Cu. The van der Waals surface area contributed by atoms with Gasteiger partial charge in [0.2, 0.25) is 0 Å². The maximum atomic E-state index is 3.68. The Morgan fingerprint density at radius 3 is 2.20 bits per heavy atom. The van der Waals surface area contributed by atoms with Gasteiger partial charge in [-0.05, 0) is 12.8 Å². The van der Waals surface area contributed by atoms with Gasteiger partial charge in [-0.3, -0.25) is 0 Å². The van der Waals surface area contributed by atoms with Crippen LogP contribution in [-0.2, 0) is 17.1 Å². The predicted molar refractivity (Wildman–Crippen MR) is 43.6 cm³/mol. The van der Waals surface area contributed by atoms with Gasteiger partial charge in [-0.25, -0.2) is 0 Å². The van der Waals surface area contributed by atoms with Crippen LogP contribution in [0.4, 0.5) is 0 Å². The van der Waals surface area contributed by atoms with Crippen molar-refractivity contribution in [3.05, 3.63) is 12.7 Å². The zero-order valence-corrected chi connectivity index (χ0v) is 7.77. The van der Waals surface area contributed by atoms with Crippen molar-refractivity contribution in [2.45, 2.75) is 45.4 Å². The maximum absolute atomic E-state index is 3.68. The molecule has 0 fully saturated rings. The van der Waals surface area contributed by atoms with Crippen molar-refractivity contribution in [2.75, 3.05) is 0 Å². The summed E-state index contributed by atoms with van der Waals surface area (Å²) in [6, 6.07) is 0. The SMILES string of the molecule is C=CCCCCCCC.[Cu]. The Hall–Kier alpha value is 0.259. The van der Waals surface area contributed by atoms with Gasteiger partial charge in [-0.1, -0.05) is 38.7 Å². The average molecular weight is 190 g/mol. The van der Waals surface area contributed by atoms with Gasteiger partial charge in [0.05, 0.1) is 0 Å². The minimum atomic E-state index is 0. The smallest absolute Gasteiger partial charge is 0 e. The van der Waals surface area contributed by atoms with Crippen LogP contribution in [0.5, 0.6) is 0 Å². The number of unbranched alkanes of at least 4 members (excludes halogenated alkanes) is 5. The zero-order chi connectivity index (χ0) is 6.95. The van der Waals surface area contributed by atoms with E-state index in [1.807, 2.05) is 6.08 Å². The fourth-order valence-corrected chi connectivity index (χ4v) is 0.892. The van der Waals surface area contributed by atoms with Crippen molar-refractivity contribution in [3.63, 3.8) is 0 Å². The second-order valence-corrected chi connectivity index (χ2v) is 2.49. The van der Waals surface area contributed by atoms with Crippen molar-refractivity contribution in [2.24, 2.45) is 0 Å². The van der Waals surface area contributed by atoms with Gasteiger partial charge in [-0.15, -0.1) is 6.58 Å². The van der Waals surface area contributed by atoms with E-state index in [4.69, 9.17) is 0 Å². The Morgan fingerprint density at radius 1 is 1.10 bits per heavy atom. The number of hydrogen-bond donors (Lipinski definition) is 0. The molecule has 0 aromatic heterocycles. The third-order valence-electron chi connectivity index (χ3n) is 1.51. The van der Waals surface area contributed by atoms with Gasteiger partial charge in [0.1, 0.15) is 0 Å². The topological polar surface area (TPSA) is 0 Å². The minimum Gasteiger partial charge on any atom is -0.103 e. The molecule has 0 heterocycles. The molecule has 0 rings (SSSR count). The molecule has 0 aliphatic heterocycles. The quantitative estimate of drug-likeness (QED) is 0.341. The molecule has 10 heavy (non-hydrogen) atoms. The Bertz CT molecular complexity index is 59.7. The summed E-state index contributed by atoms with van der Waals surface area (Å²) in [5, 5.41) is 0. The number of hydrogen-bond acceptors (Lipinski definition) is 0. The molecule has 0 aliphatic carbocycles. The van der Waals surface area contributed by atoms with Crippen molar-refractivity contribution < 1.29 is 17.1 Å². The van der Waals surface area contributed by atoms with Gasteiger partial charge in [0.25, 0.3) is 0 Å². The number of rotatable bonds is 6. The van der Waals surface area contributed by atoms with Crippen LogP contribution in [0.25, 0.3) is 0 Å². The molecule has 0 bridgehead atoms. The van der Waals surface area contributed by atoms with Crippen LogP contribution in [0.3, 0.4) is 0 Å². The van der Waals surface area contributed by atoms with Gasteiger partial charge in [-0.2, -0.15) is 0 Å². The Balaban J connectivity index is 0. The fraction of sp³-hybridized carbons (Fsp3) is 0.778. The summed E-state index contributed by atoms with van der Waals surface area (Å²) >= 11 is 0. The summed E-state index contributed by atoms with van der Waals surface area (Å²) in [6.07, 6.45) is 10.1. The van der Waals surface area contributed by atoms with E-state index < -0.39 is 0 Å². The van der Waals surface area contributed by atoms with Crippen molar-refractivity contribution in [1.82, 2.24) is 0 Å². The summed E-state index contributed by atoms with van der Waals surface area (Å²) < 4.78 is 0. The van der Waals surface area contributed by atoms with Crippen molar-refractivity contribution in [1.29, 1.82) is 0 Å². The van der Waals surface area contributed by atoms with E-state index in [-0.39, 0.29) is 17.1 Å². The van der Waals surface area contributed by atoms with Crippen molar-refractivity contribution >= 4 is 0 Å². The standard InChI is InChI=1S/C9H18.Cu/c1-3-5-7-9-8-6-4-2;/h3H,1,4-9H2,2H3;. The molecular weight excluding hydrogens is 172 g/mol. The number of allylic oxidation sites excluding steroid dienone is 1. The molecule has 0 nitrogen and oxygen atoms in total. The normalized spacial score (nSPS) is 8.50. The van der Waals surface area contributed by atoms with Crippen molar-refractivity contribution in [3.8, 4) is 0 Å². The molecule has 1 radical (unpaired) electrons. The van der Waals surface area contributed by atoms with E-state index in [1.54, 1.807) is 0 Å². The largest absolute Gasteiger partial charge is 0.103 e. The molecule has 1 heteroatoms. The van der Waals surface area contributed by atoms with Crippen LogP contribution in [0.2, 0.25) is 0 Å². The van der Waals surface area contributed by atoms with E-state index in [2.05, 4.69) is 13.5 Å². The monoisotopic (exact) mass is 189 g/mol. The summed E-state index contributed by atoms with van der Waals surface area (Å²) in [5.41, 5.74) is 0. The van der Waals surface area contributed by atoms with Crippen LogP contribution >= 0.6 is 0 Å². The van der Waals surface area contributed by atoms with E-state index in [0.29, 0.717) is 0 Å². The van der Waals surface area contributed by atoms with Crippen LogP contribution in [0.15, 0.2) is 12.7 Å². The van der Waals surface area contributed by atoms with Crippen LogP contribution in [0.1, 0.15) is 45.4 Å². The first kappa shape index (κ1) is 12.9. The Labute approximate surface area is 75.6 Å². The van der Waals surface area contributed by atoms with Crippen LogP contribution < -0.4 is 0 Å². The predicted octanol–water partition coefficient (Wildman–Crippen LogP) is 3.53. The van der Waals surface area contributed by atoms with Gasteiger partial charge >= 0.3 is 0 Å². The molecule has 0 saturated heterocycles. The second kappa shape index (κ2) is 12.0. The maximum Gasteiger partial charge on any atom is 0 e. The van der Waals surface area contributed by atoms with Crippen LogP contribution in [-0.4, -0.2) is 0 Å². The molecule has 0 unspecified atom stereocenters. The van der Waals surface area contributed by atoms with E-state index in [0.717, 1.165) is 0 Å². The molecule has 65 valence electrons. The molecule has 0 N–H and O–H groups in total. The van der Waals surface area contributed by atoms with Crippen LogP contribution in [0, 0.1) is 0 Å². The Morgan fingerprint density at radius 2 is 1.70 bits per heavy atom. The molecule has 0 aromatic rings. The molecule has 0 saturated carbocycles. The summed E-state index contributed by atoms with van der Waals surface area (Å²) in [5.74, 6) is 0. The molecule has 0 amide bonds. The molecule has 0 aromatic carbocycles. The molecule has 0 atom stereocenters. The van der Waals surface area contributed by atoms with Gasteiger partial charge in [0, 0.05) is 17.1 Å². The van der Waals surface area contributed by atoms with Gasteiger partial charge < -0.3 is 0 Å². The minimum absolute atomic E-state index is 0. The summed E-state index contributed by atoms with van der Waals surface area (Å²) in [6.45, 7) is 5.92. The molecule has 0 spiro atoms. The zero-order valence-electron chi connectivity index (χ0n) is 6.83. The summed E-state index contributed by atoms with van der Waals surface area (Å²) in [7, 11) is 0. The van der Waals surface area contributed by atoms with E-state index in [1.165, 1.54) is 38.5 Å². The first-order chi connectivity index (χ1) is 4.41. The van der Waals surface area contributed by atoms with Gasteiger partial charge in [0.15, 0.2) is 0 Å². The van der Waals surface area contributed by atoms with E-state index >= 15 is 0 Å². The third-order valence-corrected chi connectivity index (χ3v) is 1.51. The third kappa shape index (κ3) is 11.1. The Kier molecular flexibility index (Phi) is 15.5. The first-order valence-electron chi connectivity index (χ1n) is 4.02. The average Bonchev–Trinajstić information content (AvgIpc) is 1.89. The first-order valence-corrected chi connectivity index (χ1v) is 4.02. The fourth-order valence-electron chi connectivity index (χ4n) is 0.892.